The number of carbonyl (C=O) groups excluding carboxylic acids is 2. The highest BCUT2D eigenvalue weighted by molar-refractivity contribution is 6.01. The van der Waals surface area contributed by atoms with E-state index in [1.807, 2.05) is 6.92 Å². The van der Waals surface area contributed by atoms with E-state index in [0.29, 0.717) is 17.6 Å². The Labute approximate surface area is 107 Å². The van der Waals surface area contributed by atoms with Gasteiger partial charge in [-0.05, 0) is 18.8 Å². The van der Waals surface area contributed by atoms with Crippen LogP contribution in [0.2, 0.25) is 0 Å². The molecule has 1 aliphatic rings. The molecule has 0 aromatic rings. The molecule has 98 valence electrons. The van der Waals surface area contributed by atoms with E-state index in [0.717, 1.165) is 6.42 Å². The molecule has 1 unspecified atom stereocenters. The summed E-state index contributed by atoms with van der Waals surface area (Å²) in [5.74, 6) is -0.885. The Balaban J connectivity index is 2.84. The van der Waals surface area contributed by atoms with Crippen LogP contribution < -0.4 is 0 Å². The van der Waals surface area contributed by atoms with Crippen molar-refractivity contribution in [2.45, 2.75) is 19.8 Å². The Hall–Kier alpha value is -1.84. The molecule has 0 saturated carbocycles. The summed E-state index contributed by atoms with van der Waals surface area (Å²) in [6, 6.07) is 0. The average molecular weight is 250 g/mol. The zero-order chi connectivity index (χ0) is 13.5. The van der Waals surface area contributed by atoms with Gasteiger partial charge in [-0.25, -0.2) is 9.59 Å². The van der Waals surface area contributed by atoms with Crippen molar-refractivity contribution in [2.75, 3.05) is 13.2 Å². The van der Waals surface area contributed by atoms with Crippen molar-refractivity contribution in [3.8, 4) is 0 Å². The highest BCUT2D eigenvalue weighted by Crippen LogP contribution is 2.33. The minimum Gasteiger partial charge on any atom is -0.458 e. The molecular formula is C14H18O4. The summed E-state index contributed by atoms with van der Waals surface area (Å²) in [7, 11) is 0. The van der Waals surface area contributed by atoms with Gasteiger partial charge in [0, 0.05) is 5.57 Å². The van der Waals surface area contributed by atoms with Crippen molar-refractivity contribution >= 4 is 11.9 Å². The second-order valence-electron chi connectivity index (χ2n) is 4.11. The van der Waals surface area contributed by atoms with Crippen molar-refractivity contribution in [3.05, 3.63) is 36.5 Å². The molecule has 0 aromatic carbocycles. The minimum atomic E-state index is -0.454. The van der Waals surface area contributed by atoms with Gasteiger partial charge in [0.05, 0.1) is 5.57 Å². The Morgan fingerprint density at radius 3 is 2.33 bits per heavy atom. The number of esters is 2. The first-order valence-electron chi connectivity index (χ1n) is 5.90. The van der Waals surface area contributed by atoms with Gasteiger partial charge in [-0.1, -0.05) is 32.2 Å². The van der Waals surface area contributed by atoms with E-state index in [-0.39, 0.29) is 19.1 Å². The third kappa shape index (κ3) is 3.32. The van der Waals surface area contributed by atoms with E-state index in [1.54, 1.807) is 0 Å². The lowest BCUT2D eigenvalue weighted by Gasteiger charge is -2.09. The van der Waals surface area contributed by atoms with Gasteiger partial charge in [0.2, 0.25) is 0 Å². The molecule has 1 rings (SSSR count). The van der Waals surface area contributed by atoms with Gasteiger partial charge in [-0.15, -0.1) is 0 Å². The third-order valence-electron chi connectivity index (χ3n) is 2.78. The van der Waals surface area contributed by atoms with Crippen molar-refractivity contribution in [1.29, 1.82) is 0 Å². The molecule has 0 N–H and O–H groups in total. The number of rotatable bonds is 6. The fourth-order valence-electron chi connectivity index (χ4n) is 1.91. The van der Waals surface area contributed by atoms with Gasteiger partial charge < -0.3 is 9.47 Å². The summed E-state index contributed by atoms with van der Waals surface area (Å²) in [6.45, 7) is 9.14. The zero-order valence-electron chi connectivity index (χ0n) is 10.6. The summed E-state index contributed by atoms with van der Waals surface area (Å²) in [4.78, 5) is 23.6. The SMILES string of the molecule is C=CCOC(=O)C1=C(C(=O)OCC=C)C(C)CC1. The van der Waals surface area contributed by atoms with Crippen LogP contribution in [0.5, 0.6) is 0 Å². The Morgan fingerprint density at radius 2 is 1.78 bits per heavy atom. The molecule has 0 fully saturated rings. The fourth-order valence-corrected chi connectivity index (χ4v) is 1.91. The Bertz CT molecular complexity index is 393. The fraction of sp³-hybridized carbons (Fsp3) is 0.429. The van der Waals surface area contributed by atoms with E-state index >= 15 is 0 Å². The van der Waals surface area contributed by atoms with Gasteiger partial charge in [-0.2, -0.15) is 0 Å². The average Bonchev–Trinajstić information content (AvgIpc) is 2.75. The lowest BCUT2D eigenvalue weighted by atomic mass is 10.0. The Morgan fingerprint density at radius 1 is 1.22 bits per heavy atom. The molecule has 0 spiro atoms. The second-order valence-corrected chi connectivity index (χ2v) is 4.11. The van der Waals surface area contributed by atoms with E-state index in [1.165, 1.54) is 12.2 Å². The molecule has 4 heteroatoms. The normalized spacial score (nSPS) is 18.4. The molecule has 0 heterocycles. The van der Waals surface area contributed by atoms with E-state index in [4.69, 9.17) is 9.47 Å². The summed E-state index contributed by atoms with van der Waals surface area (Å²) in [6.07, 6.45) is 4.30. The summed E-state index contributed by atoms with van der Waals surface area (Å²) >= 11 is 0. The highest BCUT2D eigenvalue weighted by atomic mass is 16.5. The summed E-state index contributed by atoms with van der Waals surface area (Å²) in [5, 5.41) is 0. The lowest BCUT2D eigenvalue weighted by molar-refractivity contribution is -0.141. The van der Waals surface area contributed by atoms with Gasteiger partial charge in [0.1, 0.15) is 13.2 Å². The van der Waals surface area contributed by atoms with Crippen molar-refractivity contribution < 1.29 is 19.1 Å². The van der Waals surface area contributed by atoms with Gasteiger partial charge >= 0.3 is 11.9 Å². The standard InChI is InChI=1S/C14H18O4/c1-4-8-17-13(15)11-7-6-10(3)12(11)14(16)18-9-5-2/h4-5,10H,1-2,6-9H2,3H3. The number of hydrogen-bond acceptors (Lipinski definition) is 4. The van der Waals surface area contributed by atoms with Gasteiger partial charge in [0.15, 0.2) is 0 Å². The predicted molar refractivity (Wildman–Crippen MR) is 67.7 cm³/mol. The van der Waals surface area contributed by atoms with Crippen LogP contribution in [-0.4, -0.2) is 25.2 Å². The molecule has 18 heavy (non-hydrogen) atoms. The zero-order valence-corrected chi connectivity index (χ0v) is 10.6. The van der Waals surface area contributed by atoms with Crippen LogP contribution >= 0.6 is 0 Å². The lowest BCUT2D eigenvalue weighted by Crippen LogP contribution is -2.16. The Kier molecular flexibility index (Phi) is 5.36. The van der Waals surface area contributed by atoms with Crippen LogP contribution in [0.3, 0.4) is 0 Å². The summed E-state index contributed by atoms with van der Waals surface area (Å²) in [5.41, 5.74) is 0.865. The van der Waals surface area contributed by atoms with Crippen LogP contribution in [-0.2, 0) is 19.1 Å². The third-order valence-corrected chi connectivity index (χ3v) is 2.78. The van der Waals surface area contributed by atoms with Crippen LogP contribution in [0.15, 0.2) is 36.5 Å². The molecule has 4 nitrogen and oxygen atoms in total. The smallest absolute Gasteiger partial charge is 0.335 e. The summed E-state index contributed by atoms with van der Waals surface area (Å²) < 4.78 is 9.95. The molecule has 0 saturated heterocycles. The first-order valence-corrected chi connectivity index (χ1v) is 5.90. The second kappa shape index (κ2) is 6.79. The molecule has 0 radical (unpaired) electrons. The van der Waals surface area contributed by atoms with E-state index in [9.17, 15) is 9.59 Å². The maximum absolute atomic E-state index is 11.8. The predicted octanol–water partition coefficient (Wildman–Crippen LogP) is 2.17. The molecule has 1 atom stereocenters. The van der Waals surface area contributed by atoms with E-state index < -0.39 is 11.9 Å². The van der Waals surface area contributed by atoms with E-state index in [2.05, 4.69) is 13.2 Å². The number of hydrogen-bond donors (Lipinski definition) is 0. The van der Waals surface area contributed by atoms with Crippen molar-refractivity contribution in [3.63, 3.8) is 0 Å². The molecule has 0 aromatic heterocycles. The highest BCUT2D eigenvalue weighted by Gasteiger charge is 2.32. The minimum absolute atomic E-state index is 0.0218. The maximum atomic E-state index is 11.8. The number of carbonyl (C=O) groups is 2. The van der Waals surface area contributed by atoms with Crippen molar-refractivity contribution in [2.24, 2.45) is 5.92 Å². The first-order chi connectivity index (χ1) is 8.61. The number of ether oxygens (including phenoxy) is 2. The maximum Gasteiger partial charge on any atom is 0.335 e. The monoisotopic (exact) mass is 250 g/mol. The van der Waals surface area contributed by atoms with Crippen LogP contribution in [0.25, 0.3) is 0 Å². The molecular weight excluding hydrogens is 232 g/mol. The molecule has 0 bridgehead atoms. The van der Waals surface area contributed by atoms with Crippen LogP contribution in [0, 0.1) is 5.92 Å². The quantitative estimate of drug-likeness (QED) is 0.535. The first kappa shape index (κ1) is 14.2. The largest absolute Gasteiger partial charge is 0.458 e. The van der Waals surface area contributed by atoms with Crippen LogP contribution in [0.1, 0.15) is 19.8 Å². The molecule has 1 aliphatic carbocycles. The topological polar surface area (TPSA) is 52.6 Å². The van der Waals surface area contributed by atoms with Gasteiger partial charge in [-0.3, -0.25) is 0 Å². The molecule has 0 amide bonds. The van der Waals surface area contributed by atoms with Crippen LogP contribution in [0.4, 0.5) is 0 Å². The van der Waals surface area contributed by atoms with Gasteiger partial charge in [0.25, 0.3) is 0 Å². The molecule has 0 aliphatic heterocycles. The van der Waals surface area contributed by atoms with Crippen molar-refractivity contribution in [1.82, 2.24) is 0 Å².